The van der Waals surface area contributed by atoms with Crippen molar-refractivity contribution in [3.8, 4) is 0 Å². The molecule has 0 amide bonds. The molecule has 0 aliphatic rings. The molecule has 0 radical (unpaired) electrons. The first kappa shape index (κ1) is 14.7. The molecule has 5 heteroatoms. The predicted octanol–water partition coefficient (Wildman–Crippen LogP) is 4.69. The fourth-order valence-electron chi connectivity index (χ4n) is 1.23. The minimum atomic E-state index is -3.09. The zero-order valence-corrected chi connectivity index (χ0v) is 12.4. The van der Waals surface area contributed by atoms with Crippen molar-refractivity contribution in [3.63, 3.8) is 0 Å². The van der Waals surface area contributed by atoms with Gasteiger partial charge in [-0.1, -0.05) is 28.1 Å². The second-order valence-corrected chi connectivity index (χ2v) is 6.05. The summed E-state index contributed by atoms with van der Waals surface area (Å²) in [5, 5.41) is 0. The fraction of sp³-hybridized carbons (Fsp3) is 0.333. The van der Waals surface area contributed by atoms with Crippen LogP contribution in [0.3, 0.4) is 0 Å². The van der Waals surface area contributed by atoms with Crippen molar-refractivity contribution in [1.29, 1.82) is 0 Å². The lowest BCUT2D eigenvalue weighted by Crippen LogP contribution is -1.92. The molecule has 0 bridgehead atoms. The first-order valence-electron chi connectivity index (χ1n) is 5.43. The van der Waals surface area contributed by atoms with Crippen LogP contribution in [-0.2, 0) is 13.6 Å². The average molecular weight is 319 g/mol. The summed E-state index contributed by atoms with van der Waals surface area (Å²) in [4.78, 5) is 0. The highest BCUT2D eigenvalue weighted by Gasteiger charge is 2.18. The van der Waals surface area contributed by atoms with E-state index in [4.69, 9.17) is 9.05 Å². The highest BCUT2D eigenvalue weighted by atomic mass is 79.9. The largest absolute Gasteiger partial charge is 0.354 e. The summed E-state index contributed by atoms with van der Waals surface area (Å²) >= 11 is 3.36. The second kappa shape index (κ2) is 7.12. The first-order chi connectivity index (χ1) is 8.09. The van der Waals surface area contributed by atoms with Crippen molar-refractivity contribution in [3.05, 3.63) is 40.1 Å². The molecule has 1 aromatic rings. The number of halogens is 1. The Morgan fingerprint density at radius 2 is 1.71 bits per heavy atom. The molecule has 0 fully saturated rings. The minimum Gasteiger partial charge on any atom is -0.306 e. The second-order valence-electron chi connectivity index (χ2n) is 3.24. The van der Waals surface area contributed by atoms with Gasteiger partial charge >= 0.3 is 7.60 Å². The molecular formula is C12H16BrO3P. The van der Waals surface area contributed by atoms with Crippen LogP contribution < -0.4 is 0 Å². The van der Waals surface area contributed by atoms with Gasteiger partial charge in [0.2, 0.25) is 0 Å². The Bertz CT molecular complexity index is 404. The third-order valence-corrected chi connectivity index (χ3v) is 4.22. The van der Waals surface area contributed by atoms with Crippen molar-refractivity contribution in [2.45, 2.75) is 13.8 Å². The van der Waals surface area contributed by atoms with Gasteiger partial charge in [0.05, 0.1) is 13.2 Å². The minimum absolute atomic E-state index is 0.363. The zero-order chi connectivity index (χ0) is 12.7. The Kier molecular flexibility index (Phi) is 6.14. The summed E-state index contributed by atoms with van der Waals surface area (Å²) in [7, 11) is -3.09. The molecule has 0 aliphatic heterocycles. The van der Waals surface area contributed by atoms with Gasteiger partial charge in [-0.25, -0.2) is 0 Å². The molecule has 0 heterocycles. The van der Waals surface area contributed by atoms with Crippen molar-refractivity contribution < 1.29 is 13.6 Å². The van der Waals surface area contributed by atoms with E-state index < -0.39 is 7.60 Å². The molecule has 0 saturated heterocycles. The van der Waals surface area contributed by atoms with Crippen LogP contribution in [0.15, 0.2) is 34.6 Å². The van der Waals surface area contributed by atoms with E-state index in [1.807, 2.05) is 24.3 Å². The molecule has 1 aromatic carbocycles. The Labute approximate surface area is 110 Å². The third kappa shape index (κ3) is 5.17. The number of benzene rings is 1. The van der Waals surface area contributed by atoms with Crippen molar-refractivity contribution in [2.24, 2.45) is 0 Å². The van der Waals surface area contributed by atoms with Crippen LogP contribution in [0.25, 0.3) is 6.08 Å². The molecule has 0 atom stereocenters. The van der Waals surface area contributed by atoms with Crippen LogP contribution in [0, 0.1) is 0 Å². The maximum absolute atomic E-state index is 12.1. The van der Waals surface area contributed by atoms with Gasteiger partial charge in [-0.15, -0.1) is 0 Å². The quantitative estimate of drug-likeness (QED) is 0.714. The molecule has 0 saturated carbocycles. The lowest BCUT2D eigenvalue weighted by atomic mass is 10.2. The Morgan fingerprint density at radius 1 is 1.18 bits per heavy atom. The normalized spacial score (nSPS) is 12.2. The standard InChI is InChI=1S/C12H16BrO3P/c1-3-15-17(14,16-4-2)10-9-11-5-7-12(13)8-6-11/h5-10H,3-4H2,1-2H3/b10-9-. The fourth-order valence-corrected chi connectivity index (χ4v) is 2.82. The van der Waals surface area contributed by atoms with E-state index in [1.54, 1.807) is 19.9 Å². The van der Waals surface area contributed by atoms with Crippen LogP contribution >= 0.6 is 23.5 Å². The van der Waals surface area contributed by atoms with Gasteiger partial charge in [-0.05, 0) is 37.6 Å². The molecule has 3 nitrogen and oxygen atoms in total. The molecule has 94 valence electrons. The Hall–Kier alpha value is -0.410. The van der Waals surface area contributed by atoms with Crippen molar-refractivity contribution in [2.75, 3.05) is 13.2 Å². The molecule has 0 N–H and O–H groups in total. The van der Waals surface area contributed by atoms with Crippen molar-refractivity contribution >= 4 is 29.6 Å². The topological polar surface area (TPSA) is 35.5 Å². The monoisotopic (exact) mass is 318 g/mol. The van der Waals surface area contributed by atoms with Crippen molar-refractivity contribution in [1.82, 2.24) is 0 Å². The molecular weight excluding hydrogens is 303 g/mol. The van der Waals surface area contributed by atoms with E-state index in [1.165, 1.54) is 5.82 Å². The maximum atomic E-state index is 12.1. The average Bonchev–Trinajstić information content (AvgIpc) is 2.29. The van der Waals surface area contributed by atoms with E-state index in [-0.39, 0.29) is 0 Å². The summed E-state index contributed by atoms with van der Waals surface area (Å²) < 4.78 is 23.4. The molecule has 0 unspecified atom stereocenters. The van der Waals surface area contributed by atoms with E-state index in [2.05, 4.69) is 15.9 Å². The van der Waals surface area contributed by atoms with E-state index in [0.717, 1.165) is 10.0 Å². The highest BCUT2D eigenvalue weighted by Crippen LogP contribution is 2.50. The molecule has 1 rings (SSSR count). The summed E-state index contributed by atoms with van der Waals surface area (Å²) in [6.07, 6.45) is 1.75. The van der Waals surface area contributed by atoms with Gasteiger partial charge in [0.15, 0.2) is 0 Å². The van der Waals surface area contributed by atoms with Crippen LogP contribution in [0.5, 0.6) is 0 Å². The van der Waals surface area contributed by atoms with Crippen LogP contribution in [0.1, 0.15) is 19.4 Å². The Morgan fingerprint density at radius 3 is 2.18 bits per heavy atom. The molecule has 17 heavy (non-hydrogen) atoms. The molecule has 0 aliphatic carbocycles. The highest BCUT2D eigenvalue weighted by molar-refractivity contribution is 9.10. The summed E-state index contributed by atoms with van der Waals surface area (Å²) in [6, 6.07) is 7.68. The smallest absolute Gasteiger partial charge is 0.306 e. The first-order valence-corrected chi connectivity index (χ1v) is 7.83. The van der Waals surface area contributed by atoms with E-state index in [9.17, 15) is 4.57 Å². The maximum Gasteiger partial charge on any atom is 0.354 e. The van der Waals surface area contributed by atoms with E-state index in [0.29, 0.717) is 13.2 Å². The third-order valence-electron chi connectivity index (χ3n) is 1.94. The zero-order valence-electron chi connectivity index (χ0n) is 9.93. The van der Waals surface area contributed by atoms with Gasteiger partial charge in [-0.2, -0.15) is 0 Å². The van der Waals surface area contributed by atoms with Crippen LogP contribution in [0.2, 0.25) is 0 Å². The van der Waals surface area contributed by atoms with Gasteiger partial charge in [-0.3, -0.25) is 4.57 Å². The van der Waals surface area contributed by atoms with Crippen LogP contribution in [-0.4, -0.2) is 13.2 Å². The lowest BCUT2D eigenvalue weighted by Gasteiger charge is -2.12. The summed E-state index contributed by atoms with van der Waals surface area (Å²) in [6.45, 7) is 4.31. The van der Waals surface area contributed by atoms with Gasteiger partial charge in [0.1, 0.15) is 0 Å². The van der Waals surface area contributed by atoms with E-state index >= 15 is 0 Å². The van der Waals surface area contributed by atoms with Crippen LogP contribution in [0.4, 0.5) is 0 Å². The summed E-state index contributed by atoms with van der Waals surface area (Å²) in [5.41, 5.74) is 0.952. The molecule has 0 aromatic heterocycles. The predicted molar refractivity (Wildman–Crippen MR) is 74.0 cm³/mol. The summed E-state index contributed by atoms with van der Waals surface area (Å²) in [5.74, 6) is 1.50. The van der Waals surface area contributed by atoms with Gasteiger partial charge in [0, 0.05) is 10.3 Å². The van der Waals surface area contributed by atoms with Gasteiger partial charge in [0.25, 0.3) is 0 Å². The molecule has 0 spiro atoms. The number of rotatable bonds is 6. The SMILES string of the molecule is CCOP(=O)(/C=C\c1ccc(Br)cc1)OCC. The number of hydrogen-bond donors (Lipinski definition) is 0. The Balaban J connectivity index is 2.79. The number of hydrogen-bond acceptors (Lipinski definition) is 3. The lowest BCUT2D eigenvalue weighted by molar-refractivity contribution is 0.229. The van der Waals surface area contributed by atoms with Gasteiger partial charge < -0.3 is 9.05 Å².